The Hall–Kier alpha value is -0.120. The van der Waals surface area contributed by atoms with Crippen LogP contribution in [0.1, 0.15) is 47.5 Å². The van der Waals surface area contributed by atoms with Gasteiger partial charge in [-0.2, -0.15) is 0 Å². The fourth-order valence-corrected chi connectivity index (χ4v) is 2.90. The fraction of sp³-hybridized carbons (Fsp3) is 1.00. The largest absolute Gasteiger partial charge is 0.380 e. The first kappa shape index (κ1) is 16.9. The number of methoxy groups -OCH3 is 1. The third kappa shape index (κ3) is 5.05. The molecule has 0 aromatic rings. The van der Waals surface area contributed by atoms with Crippen LogP contribution in [0.3, 0.4) is 0 Å². The van der Waals surface area contributed by atoms with Crippen molar-refractivity contribution in [3.63, 3.8) is 0 Å². The zero-order chi connectivity index (χ0) is 14.5. The highest BCUT2D eigenvalue weighted by Gasteiger charge is 2.32. The summed E-state index contributed by atoms with van der Waals surface area (Å²) in [4.78, 5) is 2.58. The summed E-state index contributed by atoms with van der Waals surface area (Å²) < 4.78 is 5.62. The lowest BCUT2D eigenvalue weighted by molar-refractivity contribution is -0.0178. The van der Waals surface area contributed by atoms with E-state index < -0.39 is 0 Å². The van der Waals surface area contributed by atoms with Crippen molar-refractivity contribution in [3.8, 4) is 0 Å². The van der Waals surface area contributed by atoms with Crippen molar-refractivity contribution in [2.75, 3.05) is 33.3 Å². The van der Waals surface area contributed by atoms with E-state index in [9.17, 15) is 0 Å². The molecule has 1 heterocycles. The van der Waals surface area contributed by atoms with E-state index >= 15 is 0 Å². The lowest BCUT2D eigenvalue weighted by Crippen LogP contribution is -2.51. The lowest BCUT2D eigenvalue weighted by Gasteiger charge is -2.42. The zero-order valence-corrected chi connectivity index (χ0v) is 13.8. The van der Waals surface area contributed by atoms with Gasteiger partial charge in [0.1, 0.15) is 0 Å². The van der Waals surface area contributed by atoms with Crippen molar-refractivity contribution >= 4 is 0 Å². The molecule has 0 radical (unpaired) electrons. The standard InChI is InChI=1S/C16H34N2O/c1-7-9-17-14(3)16(4,5)12-18-10-8-13(2)15(11-18)19-6/h13-15,17H,7-12H2,1-6H3. The SMILES string of the molecule is CCCNC(C)C(C)(C)CN1CCC(C)C(OC)C1. The molecule has 1 aliphatic heterocycles. The fourth-order valence-electron chi connectivity index (χ4n) is 2.90. The molecular formula is C16H34N2O. The Bertz CT molecular complexity index is 255. The van der Waals surface area contributed by atoms with Crippen LogP contribution in [0.15, 0.2) is 0 Å². The van der Waals surface area contributed by atoms with Crippen LogP contribution < -0.4 is 5.32 Å². The van der Waals surface area contributed by atoms with E-state index in [2.05, 4.69) is 44.8 Å². The maximum absolute atomic E-state index is 5.62. The number of hydrogen-bond acceptors (Lipinski definition) is 3. The first-order valence-electron chi connectivity index (χ1n) is 7.89. The van der Waals surface area contributed by atoms with Gasteiger partial charge in [0, 0.05) is 26.2 Å². The van der Waals surface area contributed by atoms with E-state index in [1.54, 1.807) is 0 Å². The van der Waals surface area contributed by atoms with Crippen molar-refractivity contribution in [3.05, 3.63) is 0 Å². The van der Waals surface area contributed by atoms with Crippen LogP contribution in [0.4, 0.5) is 0 Å². The van der Waals surface area contributed by atoms with Crippen molar-refractivity contribution in [1.29, 1.82) is 0 Å². The van der Waals surface area contributed by atoms with Crippen LogP contribution >= 0.6 is 0 Å². The predicted octanol–water partition coefficient (Wildman–Crippen LogP) is 2.76. The van der Waals surface area contributed by atoms with Crippen LogP contribution in [-0.4, -0.2) is 50.3 Å². The van der Waals surface area contributed by atoms with E-state index in [1.807, 2.05) is 7.11 Å². The van der Waals surface area contributed by atoms with Gasteiger partial charge >= 0.3 is 0 Å². The second kappa shape index (κ2) is 7.61. The zero-order valence-electron chi connectivity index (χ0n) is 13.8. The summed E-state index contributed by atoms with van der Waals surface area (Å²) in [5.74, 6) is 0.694. The molecule has 0 aromatic heterocycles. The molecular weight excluding hydrogens is 236 g/mol. The number of nitrogens with one attached hydrogen (secondary N) is 1. The summed E-state index contributed by atoms with van der Waals surface area (Å²) in [6.07, 6.45) is 2.86. The summed E-state index contributed by atoms with van der Waals surface area (Å²) in [5.41, 5.74) is 0.300. The van der Waals surface area contributed by atoms with E-state index in [1.165, 1.54) is 19.4 Å². The molecule has 3 nitrogen and oxygen atoms in total. The summed E-state index contributed by atoms with van der Waals surface area (Å²) >= 11 is 0. The van der Waals surface area contributed by atoms with Crippen molar-refractivity contribution in [2.45, 2.75) is 59.6 Å². The van der Waals surface area contributed by atoms with Crippen LogP contribution in [0.5, 0.6) is 0 Å². The van der Waals surface area contributed by atoms with Gasteiger partial charge in [0.2, 0.25) is 0 Å². The Labute approximate surface area is 120 Å². The van der Waals surface area contributed by atoms with Gasteiger partial charge < -0.3 is 15.0 Å². The van der Waals surface area contributed by atoms with Crippen LogP contribution in [0.2, 0.25) is 0 Å². The number of ether oxygens (including phenoxy) is 1. The van der Waals surface area contributed by atoms with Gasteiger partial charge in [-0.05, 0) is 44.2 Å². The maximum Gasteiger partial charge on any atom is 0.0724 e. The van der Waals surface area contributed by atoms with Crippen molar-refractivity contribution in [1.82, 2.24) is 10.2 Å². The first-order valence-corrected chi connectivity index (χ1v) is 7.89. The topological polar surface area (TPSA) is 24.5 Å². The normalized spacial score (nSPS) is 27.5. The molecule has 3 heteroatoms. The first-order chi connectivity index (χ1) is 8.90. The van der Waals surface area contributed by atoms with Gasteiger partial charge in [-0.15, -0.1) is 0 Å². The Kier molecular flexibility index (Phi) is 6.78. The Balaban J connectivity index is 2.48. The average Bonchev–Trinajstić information content (AvgIpc) is 2.37. The minimum absolute atomic E-state index is 0.300. The van der Waals surface area contributed by atoms with Gasteiger partial charge in [0.05, 0.1) is 6.10 Å². The van der Waals surface area contributed by atoms with Crippen LogP contribution in [0, 0.1) is 11.3 Å². The molecule has 0 spiro atoms. The monoisotopic (exact) mass is 270 g/mol. The molecule has 1 fully saturated rings. The third-order valence-corrected chi connectivity index (χ3v) is 4.78. The molecule has 0 amide bonds. The molecule has 3 unspecified atom stereocenters. The highest BCUT2D eigenvalue weighted by atomic mass is 16.5. The van der Waals surface area contributed by atoms with Crippen molar-refractivity contribution < 1.29 is 4.74 Å². The predicted molar refractivity (Wildman–Crippen MR) is 82.6 cm³/mol. The van der Waals surface area contributed by atoms with Gasteiger partial charge in [-0.25, -0.2) is 0 Å². The minimum Gasteiger partial charge on any atom is -0.380 e. The molecule has 1 rings (SSSR count). The quantitative estimate of drug-likeness (QED) is 0.770. The van der Waals surface area contributed by atoms with Gasteiger partial charge in [-0.3, -0.25) is 0 Å². The number of nitrogens with zero attached hydrogens (tertiary/aromatic N) is 1. The number of piperidine rings is 1. The molecule has 0 saturated carbocycles. The molecule has 3 atom stereocenters. The molecule has 0 bridgehead atoms. The van der Waals surface area contributed by atoms with Gasteiger partial charge in [-0.1, -0.05) is 27.7 Å². The maximum atomic E-state index is 5.62. The molecule has 1 aliphatic rings. The second-order valence-electron chi connectivity index (χ2n) is 6.94. The Morgan fingerprint density at radius 1 is 1.42 bits per heavy atom. The summed E-state index contributed by atoms with van der Waals surface area (Å²) in [6.45, 7) is 16.2. The van der Waals surface area contributed by atoms with Gasteiger partial charge in [0.15, 0.2) is 0 Å². The van der Waals surface area contributed by atoms with Gasteiger partial charge in [0.25, 0.3) is 0 Å². The molecule has 0 aromatic carbocycles. The summed E-state index contributed by atoms with van der Waals surface area (Å²) in [7, 11) is 1.85. The molecule has 114 valence electrons. The average molecular weight is 270 g/mol. The van der Waals surface area contributed by atoms with E-state index in [0.29, 0.717) is 23.5 Å². The molecule has 1 saturated heterocycles. The number of rotatable bonds is 7. The molecule has 19 heavy (non-hydrogen) atoms. The third-order valence-electron chi connectivity index (χ3n) is 4.78. The lowest BCUT2D eigenvalue weighted by atomic mass is 9.83. The smallest absolute Gasteiger partial charge is 0.0724 e. The second-order valence-corrected chi connectivity index (χ2v) is 6.94. The van der Waals surface area contributed by atoms with Crippen LogP contribution in [-0.2, 0) is 4.74 Å². The Morgan fingerprint density at radius 2 is 2.11 bits per heavy atom. The highest BCUT2D eigenvalue weighted by molar-refractivity contribution is 4.87. The minimum atomic E-state index is 0.300. The molecule has 0 aliphatic carbocycles. The highest BCUT2D eigenvalue weighted by Crippen LogP contribution is 2.26. The Morgan fingerprint density at radius 3 is 2.68 bits per heavy atom. The van der Waals surface area contributed by atoms with E-state index in [0.717, 1.165) is 19.6 Å². The summed E-state index contributed by atoms with van der Waals surface area (Å²) in [5, 5.41) is 3.64. The number of likely N-dealkylation sites (tertiary alicyclic amines) is 1. The van der Waals surface area contributed by atoms with Crippen molar-refractivity contribution in [2.24, 2.45) is 11.3 Å². The molecule has 1 N–H and O–H groups in total. The van der Waals surface area contributed by atoms with Crippen LogP contribution in [0.25, 0.3) is 0 Å². The van der Waals surface area contributed by atoms with E-state index in [-0.39, 0.29) is 0 Å². The van der Waals surface area contributed by atoms with E-state index in [4.69, 9.17) is 4.74 Å². The summed E-state index contributed by atoms with van der Waals surface area (Å²) in [6, 6.07) is 0.549. The number of hydrogen-bond donors (Lipinski definition) is 1.